The maximum Gasteiger partial charge on any atom is 0.253 e. The van der Waals surface area contributed by atoms with E-state index in [1.54, 1.807) is 36.7 Å². The van der Waals surface area contributed by atoms with Crippen LogP contribution in [0.2, 0.25) is 5.02 Å². The number of rotatable bonds is 4. The first-order valence-electron chi connectivity index (χ1n) is 8.12. The van der Waals surface area contributed by atoms with E-state index in [4.69, 9.17) is 16.3 Å². The molecule has 1 N–H and O–H groups in total. The van der Waals surface area contributed by atoms with Gasteiger partial charge in [0.2, 0.25) is 5.88 Å². The van der Waals surface area contributed by atoms with Crippen molar-refractivity contribution < 1.29 is 9.53 Å². The fraction of sp³-hybridized carbons (Fsp3) is 0.389. The van der Waals surface area contributed by atoms with Crippen molar-refractivity contribution in [2.45, 2.75) is 44.8 Å². The second-order valence-corrected chi connectivity index (χ2v) is 6.45. The molecule has 3 rings (SSSR count). The van der Waals surface area contributed by atoms with Crippen LogP contribution in [-0.4, -0.2) is 28.0 Å². The van der Waals surface area contributed by atoms with E-state index in [1.807, 2.05) is 6.92 Å². The van der Waals surface area contributed by atoms with Gasteiger partial charge in [-0.2, -0.15) is 0 Å². The molecule has 0 aliphatic heterocycles. The molecule has 2 aromatic heterocycles. The van der Waals surface area contributed by atoms with Crippen molar-refractivity contribution in [3.8, 4) is 5.88 Å². The van der Waals surface area contributed by atoms with Crippen LogP contribution in [0.5, 0.6) is 5.88 Å². The van der Waals surface area contributed by atoms with Gasteiger partial charge in [0.1, 0.15) is 6.10 Å². The third kappa shape index (κ3) is 4.23. The zero-order chi connectivity index (χ0) is 16.9. The minimum atomic E-state index is -0.0515. The predicted octanol–water partition coefficient (Wildman–Crippen LogP) is 3.56. The standard InChI is InChI=1S/C18H20ClN3O2/c1-12-16(3-2-10-20-12)18(23)22-14-5-7-15(8-6-14)24-17-9-4-13(19)11-21-17/h2-4,9-11,14-15H,5-8H2,1H3,(H,22,23). The topological polar surface area (TPSA) is 64.1 Å². The first-order valence-corrected chi connectivity index (χ1v) is 8.50. The number of ether oxygens (including phenoxy) is 1. The SMILES string of the molecule is Cc1ncccc1C(=O)NC1CCC(Oc2ccc(Cl)cn2)CC1. The second-order valence-electron chi connectivity index (χ2n) is 6.02. The van der Waals surface area contributed by atoms with Crippen molar-refractivity contribution in [1.29, 1.82) is 0 Å². The fourth-order valence-electron chi connectivity index (χ4n) is 2.92. The molecule has 1 saturated carbocycles. The van der Waals surface area contributed by atoms with Crippen LogP contribution in [-0.2, 0) is 0 Å². The summed E-state index contributed by atoms with van der Waals surface area (Å²) in [5, 5.41) is 3.70. The van der Waals surface area contributed by atoms with E-state index in [0.717, 1.165) is 31.4 Å². The Morgan fingerprint density at radius 1 is 1.21 bits per heavy atom. The van der Waals surface area contributed by atoms with Gasteiger partial charge in [-0.15, -0.1) is 0 Å². The third-order valence-corrected chi connectivity index (χ3v) is 4.47. The highest BCUT2D eigenvalue weighted by Gasteiger charge is 2.24. The van der Waals surface area contributed by atoms with E-state index in [-0.39, 0.29) is 18.1 Å². The van der Waals surface area contributed by atoms with Gasteiger partial charge < -0.3 is 10.1 Å². The summed E-state index contributed by atoms with van der Waals surface area (Å²) in [5.74, 6) is 0.544. The molecule has 24 heavy (non-hydrogen) atoms. The van der Waals surface area contributed by atoms with Crippen molar-refractivity contribution in [2.24, 2.45) is 0 Å². The van der Waals surface area contributed by atoms with Gasteiger partial charge in [-0.1, -0.05) is 11.6 Å². The van der Waals surface area contributed by atoms with Crippen LogP contribution in [0.1, 0.15) is 41.7 Å². The van der Waals surface area contributed by atoms with Gasteiger partial charge in [-0.05, 0) is 50.8 Å². The Morgan fingerprint density at radius 2 is 2.00 bits per heavy atom. The van der Waals surface area contributed by atoms with E-state index >= 15 is 0 Å². The van der Waals surface area contributed by atoms with Crippen LogP contribution in [0, 0.1) is 6.92 Å². The van der Waals surface area contributed by atoms with Gasteiger partial charge in [0.25, 0.3) is 5.91 Å². The third-order valence-electron chi connectivity index (χ3n) is 4.25. The molecule has 2 aromatic rings. The predicted molar refractivity (Wildman–Crippen MR) is 92.4 cm³/mol. The fourth-order valence-corrected chi connectivity index (χ4v) is 3.03. The van der Waals surface area contributed by atoms with Gasteiger partial charge in [0.15, 0.2) is 0 Å². The molecule has 5 nitrogen and oxygen atoms in total. The summed E-state index contributed by atoms with van der Waals surface area (Å²) in [6.45, 7) is 1.85. The lowest BCUT2D eigenvalue weighted by molar-refractivity contribution is 0.0889. The van der Waals surface area contributed by atoms with Crippen LogP contribution in [0.25, 0.3) is 0 Å². The van der Waals surface area contributed by atoms with Crippen molar-refractivity contribution in [2.75, 3.05) is 0 Å². The molecular formula is C18H20ClN3O2. The normalized spacial score (nSPS) is 20.4. The molecule has 0 aromatic carbocycles. The van der Waals surface area contributed by atoms with E-state index in [9.17, 15) is 4.79 Å². The summed E-state index contributed by atoms with van der Waals surface area (Å²) in [6.07, 6.45) is 6.97. The van der Waals surface area contributed by atoms with Crippen molar-refractivity contribution >= 4 is 17.5 Å². The number of amides is 1. The summed E-state index contributed by atoms with van der Waals surface area (Å²) < 4.78 is 5.87. The number of hydrogen-bond acceptors (Lipinski definition) is 4. The van der Waals surface area contributed by atoms with Gasteiger partial charge >= 0.3 is 0 Å². The molecule has 0 bridgehead atoms. The molecule has 1 aliphatic rings. The molecule has 6 heteroatoms. The summed E-state index contributed by atoms with van der Waals surface area (Å²) in [4.78, 5) is 20.7. The number of aromatic nitrogens is 2. The van der Waals surface area contributed by atoms with Crippen molar-refractivity contribution in [3.05, 3.63) is 52.9 Å². The van der Waals surface area contributed by atoms with E-state index in [2.05, 4.69) is 15.3 Å². The zero-order valence-electron chi connectivity index (χ0n) is 13.5. The molecule has 2 heterocycles. The number of nitrogens with one attached hydrogen (secondary N) is 1. The summed E-state index contributed by atoms with van der Waals surface area (Å²) in [5.41, 5.74) is 1.39. The zero-order valence-corrected chi connectivity index (χ0v) is 14.3. The lowest BCUT2D eigenvalue weighted by Gasteiger charge is -2.29. The quantitative estimate of drug-likeness (QED) is 0.920. The van der Waals surface area contributed by atoms with Crippen LogP contribution < -0.4 is 10.1 Å². The van der Waals surface area contributed by atoms with Crippen molar-refractivity contribution in [1.82, 2.24) is 15.3 Å². The Bertz CT molecular complexity index is 698. The number of nitrogens with zero attached hydrogens (tertiary/aromatic N) is 2. The Morgan fingerprint density at radius 3 is 2.67 bits per heavy atom. The van der Waals surface area contributed by atoms with Crippen LogP contribution in [0.4, 0.5) is 0 Å². The smallest absolute Gasteiger partial charge is 0.253 e. The van der Waals surface area contributed by atoms with Gasteiger partial charge in [0, 0.05) is 30.2 Å². The van der Waals surface area contributed by atoms with Crippen LogP contribution >= 0.6 is 11.6 Å². The van der Waals surface area contributed by atoms with E-state index in [0.29, 0.717) is 16.5 Å². The molecule has 126 valence electrons. The number of hydrogen-bond donors (Lipinski definition) is 1. The Kier molecular flexibility index (Phi) is 5.30. The molecule has 0 unspecified atom stereocenters. The van der Waals surface area contributed by atoms with Gasteiger partial charge in [0.05, 0.1) is 10.6 Å². The minimum absolute atomic E-state index is 0.0515. The maximum absolute atomic E-state index is 12.3. The lowest BCUT2D eigenvalue weighted by atomic mass is 9.92. The summed E-state index contributed by atoms with van der Waals surface area (Å²) in [7, 11) is 0. The Labute approximate surface area is 146 Å². The highest BCUT2D eigenvalue weighted by molar-refractivity contribution is 6.30. The average Bonchev–Trinajstić information content (AvgIpc) is 2.59. The van der Waals surface area contributed by atoms with Crippen molar-refractivity contribution in [3.63, 3.8) is 0 Å². The molecule has 0 saturated heterocycles. The molecule has 1 aliphatic carbocycles. The number of carbonyl (C=O) groups is 1. The highest BCUT2D eigenvalue weighted by Crippen LogP contribution is 2.23. The highest BCUT2D eigenvalue weighted by atomic mass is 35.5. The summed E-state index contributed by atoms with van der Waals surface area (Å²) >= 11 is 5.82. The minimum Gasteiger partial charge on any atom is -0.474 e. The molecule has 1 fully saturated rings. The maximum atomic E-state index is 12.3. The average molecular weight is 346 g/mol. The molecule has 0 spiro atoms. The first kappa shape index (κ1) is 16.7. The van der Waals surface area contributed by atoms with Crippen LogP contribution in [0.15, 0.2) is 36.7 Å². The van der Waals surface area contributed by atoms with E-state index < -0.39 is 0 Å². The monoisotopic (exact) mass is 345 g/mol. The number of aryl methyl sites for hydroxylation is 1. The summed E-state index contributed by atoms with van der Waals surface area (Å²) in [6, 6.07) is 7.31. The van der Waals surface area contributed by atoms with E-state index in [1.165, 1.54) is 0 Å². The number of halogens is 1. The largest absolute Gasteiger partial charge is 0.474 e. The number of carbonyl (C=O) groups excluding carboxylic acids is 1. The molecule has 0 atom stereocenters. The molecular weight excluding hydrogens is 326 g/mol. The van der Waals surface area contributed by atoms with Crippen LogP contribution in [0.3, 0.4) is 0 Å². The Hall–Kier alpha value is -2.14. The van der Waals surface area contributed by atoms with Gasteiger partial charge in [-0.3, -0.25) is 9.78 Å². The number of pyridine rings is 2. The first-order chi connectivity index (χ1) is 11.6. The second kappa shape index (κ2) is 7.62. The lowest BCUT2D eigenvalue weighted by Crippen LogP contribution is -2.40. The molecule has 1 amide bonds. The Balaban J connectivity index is 1.49. The van der Waals surface area contributed by atoms with Gasteiger partial charge in [-0.25, -0.2) is 4.98 Å². The molecule has 0 radical (unpaired) electrons.